The molecular formula is C23H30N6O4S. The number of thiazole rings is 1. The average molecular weight is 487 g/mol. The zero-order chi connectivity index (χ0) is 24.9. The van der Waals surface area contributed by atoms with Gasteiger partial charge in [0.05, 0.1) is 13.0 Å². The molecule has 0 spiro atoms. The number of amides is 2. The molecule has 5 N–H and O–H groups in total. The molecule has 11 heteroatoms. The number of aromatic nitrogens is 1. The van der Waals surface area contributed by atoms with Crippen LogP contribution in [0.15, 0.2) is 35.5 Å². The number of nitrogens with two attached hydrogens (primary N) is 2. The SMILES string of the molecule is CC(C)(C)OC(=O)CC1CCC(=O)N(CC(=O)NCc2cnc(N=C(N)N)s2)c2ccccc21. The number of fused-ring (bicyclic) bond motifs is 1. The Balaban J connectivity index is 1.69. The highest BCUT2D eigenvalue weighted by Gasteiger charge is 2.31. The largest absolute Gasteiger partial charge is 0.460 e. The first-order valence-corrected chi connectivity index (χ1v) is 11.8. The van der Waals surface area contributed by atoms with Gasteiger partial charge < -0.3 is 26.4 Å². The minimum Gasteiger partial charge on any atom is -0.460 e. The van der Waals surface area contributed by atoms with Crippen LogP contribution in [0, 0.1) is 0 Å². The third kappa shape index (κ3) is 7.01. The quantitative estimate of drug-likeness (QED) is 0.308. The Morgan fingerprint density at radius 1 is 1.29 bits per heavy atom. The summed E-state index contributed by atoms with van der Waals surface area (Å²) < 4.78 is 5.48. The fraction of sp³-hybridized carbons (Fsp3) is 0.435. The van der Waals surface area contributed by atoms with Crippen molar-refractivity contribution in [1.82, 2.24) is 10.3 Å². The maximum atomic E-state index is 12.9. The van der Waals surface area contributed by atoms with Gasteiger partial charge in [0.15, 0.2) is 5.96 Å². The van der Waals surface area contributed by atoms with Crippen LogP contribution in [0.2, 0.25) is 0 Å². The van der Waals surface area contributed by atoms with E-state index in [9.17, 15) is 14.4 Å². The third-order valence-electron chi connectivity index (χ3n) is 5.04. The Morgan fingerprint density at radius 2 is 2.03 bits per heavy atom. The van der Waals surface area contributed by atoms with Crippen LogP contribution in [0.5, 0.6) is 0 Å². The lowest BCUT2D eigenvalue weighted by molar-refractivity contribution is -0.155. The first-order valence-electron chi connectivity index (χ1n) is 10.9. The number of esters is 1. The van der Waals surface area contributed by atoms with Gasteiger partial charge in [-0.1, -0.05) is 29.5 Å². The molecule has 0 saturated heterocycles. The fourth-order valence-electron chi connectivity index (χ4n) is 3.70. The molecule has 2 amide bonds. The molecule has 182 valence electrons. The van der Waals surface area contributed by atoms with Crippen molar-refractivity contribution in [3.05, 3.63) is 40.9 Å². The molecule has 0 fully saturated rings. The number of para-hydroxylation sites is 1. The number of rotatable bonds is 7. The van der Waals surface area contributed by atoms with Crippen molar-refractivity contribution in [3.63, 3.8) is 0 Å². The van der Waals surface area contributed by atoms with Gasteiger partial charge in [-0.15, -0.1) is 0 Å². The van der Waals surface area contributed by atoms with E-state index < -0.39 is 5.60 Å². The summed E-state index contributed by atoms with van der Waals surface area (Å²) in [4.78, 5) is 48.3. The van der Waals surface area contributed by atoms with Crippen LogP contribution < -0.4 is 21.7 Å². The van der Waals surface area contributed by atoms with E-state index in [-0.39, 0.29) is 55.6 Å². The third-order valence-corrected chi connectivity index (χ3v) is 5.93. The lowest BCUT2D eigenvalue weighted by Crippen LogP contribution is -2.40. The second-order valence-corrected chi connectivity index (χ2v) is 10.1. The van der Waals surface area contributed by atoms with Crippen molar-refractivity contribution in [1.29, 1.82) is 0 Å². The van der Waals surface area contributed by atoms with Crippen molar-refractivity contribution >= 4 is 45.9 Å². The molecule has 1 atom stereocenters. The van der Waals surface area contributed by atoms with Gasteiger partial charge in [-0.3, -0.25) is 14.4 Å². The lowest BCUT2D eigenvalue weighted by atomic mass is 9.91. The summed E-state index contributed by atoms with van der Waals surface area (Å²) in [7, 11) is 0. The molecule has 1 aromatic heterocycles. The van der Waals surface area contributed by atoms with Crippen LogP contribution in [-0.2, 0) is 25.7 Å². The van der Waals surface area contributed by atoms with Gasteiger partial charge in [-0.2, -0.15) is 4.99 Å². The summed E-state index contributed by atoms with van der Waals surface area (Å²) in [6.45, 7) is 5.58. The maximum absolute atomic E-state index is 12.9. The summed E-state index contributed by atoms with van der Waals surface area (Å²) in [5, 5.41) is 3.21. The molecule has 0 bridgehead atoms. The van der Waals surface area contributed by atoms with Crippen LogP contribution in [0.4, 0.5) is 10.8 Å². The van der Waals surface area contributed by atoms with E-state index in [1.54, 1.807) is 12.3 Å². The summed E-state index contributed by atoms with van der Waals surface area (Å²) in [5.74, 6) is -1.05. The average Bonchev–Trinajstić information content (AvgIpc) is 3.13. The van der Waals surface area contributed by atoms with Crippen LogP contribution in [0.25, 0.3) is 0 Å². The molecule has 1 aromatic carbocycles. The van der Waals surface area contributed by atoms with Crippen LogP contribution >= 0.6 is 11.3 Å². The standard InChI is InChI=1S/C23H30N6O4S/c1-23(2,3)33-20(32)10-14-8-9-19(31)29(17-7-5-4-6-16(14)17)13-18(30)26-11-15-12-27-22(34-15)28-21(24)25/h4-7,12,14H,8-11,13H2,1-3H3,(H,26,30)(H4,24,25,27,28). The van der Waals surface area contributed by atoms with Crippen molar-refractivity contribution in [2.75, 3.05) is 11.4 Å². The molecule has 3 rings (SSSR count). The van der Waals surface area contributed by atoms with Gasteiger partial charge in [0, 0.05) is 23.2 Å². The molecule has 10 nitrogen and oxygen atoms in total. The van der Waals surface area contributed by atoms with E-state index in [1.165, 1.54) is 16.2 Å². The predicted octanol–water partition coefficient (Wildman–Crippen LogP) is 2.31. The Morgan fingerprint density at radius 3 is 2.74 bits per heavy atom. The van der Waals surface area contributed by atoms with Crippen molar-refractivity contribution in [2.45, 2.75) is 58.1 Å². The molecule has 2 heterocycles. The number of carbonyl (C=O) groups excluding carboxylic acids is 3. The molecule has 0 radical (unpaired) electrons. The minimum atomic E-state index is -0.580. The highest BCUT2D eigenvalue weighted by atomic mass is 32.1. The molecule has 2 aromatic rings. The lowest BCUT2D eigenvalue weighted by Gasteiger charge is -2.24. The molecular weight excluding hydrogens is 456 g/mol. The van der Waals surface area contributed by atoms with E-state index in [4.69, 9.17) is 16.2 Å². The van der Waals surface area contributed by atoms with E-state index in [0.29, 0.717) is 17.2 Å². The van der Waals surface area contributed by atoms with Gasteiger partial charge >= 0.3 is 5.97 Å². The Labute approximate surface area is 202 Å². The first kappa shape index (κ1) is 25.2. The Hall–Kier alpha value is -3.47. The minimum absolute atomic E-state index is 0.0896. The van der Waals surface area contributed by atoms with Gasteiger partial charge in [-0.05, 0) is 44.7 Å². The summed E-state index contributed by atoms with van der Waals surface area (Å²) in [5.41, 5.74) is 11.6. The topological polar surface area (TPSA) is 153 Å². The van der Waals surface area contributed by atoms with Crippen LogP contribution in [0.1, 0.15) is 56.4 Å². The van der Waals surface area contributed by atoms with Crippen molar-refractivity contribution in [2.24, 2.45) is 16.5 Å². The van der Waals surface area contributed by atoms with Gasteiger partial charge in [0.1, 0.15) is 12.1 Å². The number of hydrogen-bond donors (Lipinski definition) is 3. The zero-order valence-corrected chi connectivity index (χ0v) is 20.4. The van der Waals surface area contributed by atoms with Gasteiger partial charge in [0.2, 0.25) is 16.9 Å². The Kier molecular flexibility index (Phi) is 7.87. The number of aliphatic imine (C=N–C) groups is 1. The first-order chi connectivity index (χ1) is 16.0. The number of anilines is 1. The molecule has 1 aliphatic heterocycles. The second-order valence-electron chi connectivity index (χ2n) is 8.99. The monoisotopic (exact) mass is 486 g/mol. The summed E-state index contributed by atoms with van der Waals surface area (Å²) in [6.07, 6.45) is 2.49. The molecule has 1 unspecified atom stereocenters. The highest BCUT2D eigenvalue weighted by Crippen LogP contribution is 2.37. The van der Waals surface area contributed by atoms with Gasteiger partial charge in [0.25, 0.3) is 0 Å². The van der Waals surface area contributed by atoms with Crippen LogP contribution in [-0.4, -0.2) is 40.9 Å². The summed E-state index contributed by atoms with van der Waals surface area (Å²) in [6, 6.07) is 7.39. The number of hydrogen-bond acceptors (Lipinski definition) is 7. The second kappa shape index (κ2) is 10.6. The smallest absolute Gasteiger partial charge is 0.306 e. The van der Waals surface area contributed by atoms with Crippen molar-refractivity contribution < 1.29 is 19.1 Å². The van der Waals surface area contributed by atoms with Crippen molar-refractivity contribution in [3.8, 4) is 0 Å². The zero-order valence-electron chi connectivity index (χ0n) is 19.5. The Bertz CT molecular complexity index is 1090. The number of benzene rings is 1. The molecule has 1 aliphatic rings. The van der Waals surface area contributed by atoms with E-state index in [1.807, 2.05) is 39.0 Å². The number of carbonyl (C=O) groups is 3. The maximum Gasteiger partial charge on any atom is 0.306 e. The number of ether oxygens (including phenoxy) is 1. The van der Waals surface area contributed by atoms with E-state index in [2.05, 4.69) is 15.3 Å². The molecule has 0 saturated carbocycles. The highest BCUT2D eigenvalue weighted by molar-refractivity contribution is 7.15. The normalized spacial score (nSPS) is 15.8. The predicted molar refractivity (Wildman–Crippen MR) is 131 cm³/mol. The number of nitrogens with zero attached hydrogens (tertiary/aromatic N) is 3. The molecule has 0 aliphatic carbocycles. The van der Waals surface area contributed by atoms with E-state index in [0.717, 1.165) is 10.4 Å². The van der Waals surface area contributed by atoms with Gasteiger partial charge in [-0.25, -0.2) is 4.98 Å². The summed E-state index contributed by atoms with van der Waals surface area (Å²) >= 11 is 1.25. The fourth-order valence-corrected chi connectivity index (χ4v) is 4.44. The number of guanidine groups is 1. The molecule has 34 heavy (non-hydrogen) atoms. The number of nitrogens with one attached hydrogen (secondary N) is 1. The van der Waals surface area contributed by atoms with Crippen LogP contribution in [0.3, 0.4) is 0 Å². The van der Waals surface area contributed by atoms with E-state index >= 15 is 0 Å².